The molecule has 0 amide bonds. The Morgan fingerprint density at radius 3 is 2.60 bits per heavy atom. The molecule has 1 nitrogen and oxygen atoms in total. The van der Waals surface area contributed by atoms with Gasteiger partial charge in [-0.2, -0.15) is 11.8 Å². The minimum Gasteiger partial charge on any atom is -0.314 e. The van der Waals surface area contributed by atoms with Crippen LogP contribution in [0.25, 0.3) is 0 Å². The normalized spacial score (nSPS) is 34.0. The van der Waals surface area contributed by atoms with Crippen LogP contribution in [0.5, 0.6) is 0 Å². The van der Waals surface area contributed by atoms with Crippen LogP contribution in [-0.4, -0.2) is 24.1 Å². The summed E-state index contributed by atoms with van der Waals surface area (Å²) in [5, 5.41) is 4.53. The first-order chi connectivity index (χ1) is 7.13. The van der Waals surface area contributed by atoms with Gasteiger partial charge in [-0.15, -0.1) is 0 Å². The SMILES string of the molecule is CSC(C)CCNC1CCC(C)C(C)C1. The molecule has 0 aromatic rings. The highest BCUT2D eigenvalue weighted by Gasteiger charge is 2.23. The number of hydrogen-bond donors (Lipinski definition) is 1. The number of thioether (sulfide) groups is 1. The Labute approximate surface area is 99.8 Å². The van der Waals surface area contributed by atoms with Gasteiger partial charge in [-0.05, 0) is 50.3 Å². The predicted molar refractivity (Wildman–Crippen MR) is 71.6 cm³/mol. The largest absolute Gasteiger partial charge is 0.314 e. The molecule has 0 radical (unpaired) electrons. The minimum absolute atomic E-state index is 0.797. The summed E-state index contributed by atoms with van der Waals surface area (Å²) in [6, 6.07) is 0.797. The molecule has 0 heterocycles. The fraction of sp³-hybridized carbons (Fsp3) is 1.00. The average Bonchev–Trinajstić information content (AvgIpc) is 2.23. The highest BCUT2D eigenvalue weighted by atomic mass is 32.2. The Morgan fingerprint density at radius 1 is 1.27 bits per heavy atom. The van der Waals surface area contributed by atoms with Crippen LogP contribution in [0.15, 0.2) is 0 Å². The zero-order chi connectivity index (χ0) is 11.3. The molecule has 1 N–H and O–H groups in total. The molecule has 0 spiro atoms. The molecule has 90 valence electrons. The lowest BCUT2D eigenvalue weighted by Gasteiger charge is -2.32. The van der Waals surface area contributed by atoms with Gasteiger partial charge in [0.15, 0.2) is 0 Å². The Morgan fingerprint density at radius 2 is 2.00 bits per heavy atom. The number of hydrogen-bond acceptors (Lipinski definition) is 2. The lowest BCUT2D eigenvalue weighted by molar-refractivity contribution is 0.226. The molecule has 0 bridgehead atoms. The van der Waals surface area contributed by atoms with Gasteiger partial charge in [0.1, 0.15) is 0 Å². The maximum Gasteiger partial charge on any atom is 0.00698 e. The lowest BCUT2D eigenvalue weighted by atomic mass is 9.79. The van der Waals surface area contributed by atoms with E-state index in [1.165, 1.54) is 32.2 Å². The van der Waals surface area contributed by atoms with E-state index in [0.29, 0.717) is 0 Å². The van der Waals surface area contributed by atoms with Crippen LogP contribution < -0.4 is 5.32 Å². The lowest BCUT2D eigenvalue weighted by Crippen LogP contribution is -2.37. The molecule has 4 atom stereocenters. The predicted octanol–water partition coefficient (Wildman–Crippen LogP) is 3.54. The topological polar surface area (TPSA) is 12.0 Å². The van der Waals surface area contributed by atoms with Crippen LogP contribution in [0.2, 0.25) is 0 Å². The van der Waals surface area contributed by atoms with E-state index in [9.17, 15) is 0 Å². The summed E-state index contributed by atoms with van der Waals surface area (Å²) in [7, 11) is 0. The molecule has 0 aromatic carbocycles. The van der Waals surface area contributed by atoms with E-state index in [1.807, 2.05) is 11.8 Å². The first-order valence-corrected chi connectivity index (χ1v) is 7.68. The van der Waals surface area contributed by atoms with E-state index in [0.717, 1.165) is 23.1 Å². The van der Waals surface area contributed by atoms with Crippen molar-refractivity contribution in [3.05, 3.63) is 0 Å². The van der Waals surface area contributed by atoms with Crippen LogP contribution in [-0.2, 0) is 0 Å². The fourth-order valence-corrected chi connectivity index (χ4v) is 2.70. The first-order valence-electron chi connectivity index (χ1n) is 6.39. The maximum atomic E-state index is 3.72. The number of rotatable bonds is 5. The van der Waals surface area contributed by atoms with Crippen LogP contribution in [0, 0.1) is 11.8 Å². The van der Waals surface area contributed by atoms with Crippen LogP contribution >= 0.6 is 11.8 Å². The van der Waals surface area contributed by atoms with Crippen molar-refractivity contribution in [3.63, 3.8) is 0 Å². The molecular weight excluding hydrogens is 202 g/mol. The molecule has 4 unspecified atom stereocenters. The molecule has 1 rings (SSSR count). The highest BCUT2D eigenvalue weighted by molar-refractivity contribution is 7.99. The summed E-state index contributed by atoms with van der Waals surface area (Å²) in [5.74, 6) is 1.85. The second-order valence-electron chi connectivity index (χ2n) is 5.25. The van der Waals surface area contributed by atoms with Gasteiger partial charge in [-0.25, -0.2) is 0 Å². The van der Waals surface area contributed by atoms with Gasteiger partial charge in [0.05, 0.1) is 0 Å². The van der Waals surface area contributed by atoms with E-state index in [-0.39, 0.29) is 0 Å². The van der Waals surface area contributed by atoms with Gasteiger partial charge >= 0.3 is 0 Å². The van der Waals surface area contributed by atoms with Crippen LogP contribution in [0.4, 0.5) is 0 Å². The van der Waals surface area contributed by atoms with E-state index >= 15 is 0 Å². The molecule has 0 saturated heterocycles. The Balaban J connectivity index is 2.12. The number of nitrogens with one attached hydrogen (secondary N) is 1. The first kappa shape index (κ1) is 13.4. The van der Waals surface area contributed by atoms with Crippen molar-refractivity contribution in [1.82, 2.24) is 5.32 Å². The van der Waals surface area contributed by atoms with E-state index in [2.05, 4.69) is 32.3 Å². The molecular formula is C13H27NS. The monoisotopic (exact) mass is 229 g/mol. The zero-order valence-electron chi connectivity index (χ0n) is 10.8. The summed E-state index contributed by atoms with van der Waals surface area (Å²) < 4.78 is 0. The molecule has 1 aliphatic carbocycles. The summed E-state index contributed by atoms with van der Waals surface area (Å²) in [6.07, 6.45) is 7.70. The highest BCUT2D eigenvalue weighted by Crippen LogP contribution is 2.29. The van der Waals surface area contributed by atoms with Crippen molar-refractivity contribution in [2.24, 2.45) is 11.8 Å². The van der Waals surface area contributed by atoms with Crippen molar-refractivity contribution in [3.8, 4) is 0 Å². The minimum atomic E-state index is 0.797. The average molecular weight is 229 g/mol. The summed E-state index contributed by atoms with van der Waals surface area (Å²) in [5.41, 5.74) is 0. The standard InChI is InChI=1S/C13H27NS/c1-10-5-6-13(9-11(10)2)14-8-7-12(3)15-4/h10-14H,5-9H2,1-4H3. The van der Waals surface area contributed by atoms with E-state index < -0.39 is 0 Å². The van der Waals surface area contributed by atoms with Gasteiger partial charge in [0, 0.05) is 11.3 Å². The quantitative estimate of drug-likeness (QED) is 0.774. The molecule has 0 aromatic heterocycles. The summed E-state index contributed by atoms with van der Waals surface area (Å²) >= 11 is 1.97. The Bertz CT molecular complexity index is 172. The second kappa shape index (κ2) is 6.80. The van der Waals surface area contributed by atoms with Crippen molar-refractivity contribution >= 4 is 11.8 Å². The second-order valence-corrected chi connectivity index (χ2v) is 6.53. The summed E-state index contributed by atoms with van der Waals surface area (Å²) in [4.78, 5) is 0. The zero-order valence-corrected chi connectivity index (χ0v) is 11.6. The van der Waals surface area contributed by atoms with Gasteiger partial charge < -0.3 is 5.32 Å². The molecule has 1 aliphatic rings. The van der Waals surface area contributed by atoms with E-state index in [1.54, 1.807) is 0 Å². The van der Waals surface area contributed by atoms with Crippen LogP contribution in [0.1, 0.15) is 46.5 Å². The molecule has 15 heavy (non-hydrogen) atoms. The third-order valence-electron chi connectivity index (χ3n) is 3.98. The van der Waals surface area contributed by atoms with Gasteiger partial charge in [0.25, 0.3) is 0 Å². The van der Waals surface area contributed by atoms with Crippen molar-refractivity contribution in [1.29, 1.82) is 0 Å². The third-order valence-corrected chi connectivity index (χ3v) is 5.02. The van der Waals surface area contributed by atoms with Gasteiger partial charge in [-0.3, -0.25) is 0 Å². The fourth-order valence-electron chi connectivity index (χ4n) is 2.34. The van der Waals surface area contributed by atoms with Crippen molar-refractivity contribution in [2.75, 3.05) is 12.8 Å². The van der Waals surface area contributed by atoms with Gasteiger partial charge in [-0.1, -0.05) is 20.8 Å². The Hall–Kier alpha value is 0.310. The molecule has 1 fully saturated rings. The van der Waals surface area contributed by atoms with Gasteiger partial charge in [0.2, 0.25) is 0 Å². The Kier molecular flexibility index (Phi) is 6.06. The van der Waals surface area contributed by atoms with Crippen LogP contribution in [0.3, 0.4) is 0 Å². The van der Waals surface area contributed by atoms with Crippen molar-refractivity contribution in [2.45, 2.75) is 57.7 Å². The molecule has 2 heteroatoms. The van der Waals surface area contributed by atoms with Crippen molar-refractivity contribution < 1.29 is 0 Å². The summed E-state index contributed by atoms with van der Waals surface area (Å²) in [6.45, 7) is 8.32. The third kappa shape index (κ3) is 4.78. The molecule has 1 saturated carbocycles. The van der Waals surface area contributed by atoms with E-state index in [4.69, 9.17) is 0 Å². The smallest absolute Gasteiger partial charge is 0.00698 e. The maximum absolute atomic E-state index is 3.72. The molecule has 0 aliphatic heterocycles.